The Morgan fingerprint density at radius 3 is 2.81 bits per heavy atom. The molecule has 0 amide bonds. The third kappa shape index (κ3) is 3.31. The van der Waals surface area contributed by atoms with Crippen LogP contribution < -0.4 is 5.32 Å². The lowest BCUT2D eigenvalue weighted by Gasteiger charge is -2.11. The minimum Gasteiger partial charge on any atom is -0.507 e. The molecule has 110 valence electrons. The molecule has 4 nitrogen and oxygen atoms in total. The van der Waals surface area contributed by atoms with E-state index in [0.29, 0.717) is 5.56 Å². The molecule has 2 N–H and O–H groups in total. The van der Waals surface area contributed by atoms with E-state index in [4.69, 9.17) is 0 Å². The Balaban J connectivity index is 2.19. The minimum absolute atomic E-state index is 0.175. The Morgan fingerprint density at radius 1 is 1.33 bits per heavy atom. The van der Waals surface area contributed by atoms with E-state index in [1.54, 1.807) is 19.1 Å². The van der Waals surface area contributed by atoms with Gasteiger partial charge in [0.05, 0.1) is 18.4 Å². The number of nitrogens with one attached hydrogen (secondary N) is 1. The van der Waals surface area contributed by atoms with Gasteiger partial charge in [-0.05, 0) is 30.7 Å². The molecule has 0 aliphatic heterocycles. The number of phenols is 1. The van der Waals surface area contributed by atoms with Crippen LogP contribution in [0.25, 0.3) is 0 Å². The third-order valence-corrected chi connectivity index (χ3v) is 3.18. The van der Waals surface area contributed by atoms with Crippen molar-refractivity contribution in [3.8, 4) is 5.75 Å². The number of benzene rings is 2. The van der Waals surface area contributed by atoms with Crippen LogP contribution in [-0.2, 0) is 11.3 Å². The molecule has 21 heavy (non-hydrogen) atoms. The first-order chi connectivity index (χ1) is 10.0. The molecule has 0 aliphatic rings. The summed E-state index contributed by atoms with van der Waals surface area (Å²) in [4.78, 5) is 11.4. The third-order valence-electron chi connectivity index (χ3n) is 3.18. The molecule has 0 atom stereocenters. The summed E-state index contributed by atoms with van der Waals surface area (Å²) in [5.74, 6) is -0.833. The number of esters is 1. The monoisotopic (exact) mass is 289 g/mol. The van der Waals surface area contributed by atoms with Crippen molar-refractivity contribution in [3.63, 3.8) is 0 Å². The molecule has 0 heterocycles. The predicted octanol–water partition coefficient (Wildman–Crippen LogP) is 3.24. The van der Waals surface area contributed by atoms with E-state index >= 15 is 0 Å². The standard InChI is InChI=1S/C16H16FNO3/c1-10-4-3-5-12(15(10)19)9-18-14-8-11(16(20)21-2)6-7-13(14)17/h3-8,18-19H,9H2,1-2H3. The van der Waals surface area contributed by atoms with E-state index in [0.717, 1.165) is 5.56 Å². The maximum absolute atomic E-state index is 13.7. The van der Waals surface area contributed by atoms with Gasteiger partial charge in [-0.25, -0.2) is 9.18 Å². The largest absolute Gasteiger partial charge is 0.507 e. The number of carbonyl (C=O) groups excluding carboxylic acids is 1. The first kappa shape index (κ1) is 14.8. The molecule has 2 aromatic carbocycles. The Morgan fingerprint density at radius 2 is 2.10 bits per heavy atom. The van der Waals surface area contributed by atoms with Crippen LogP contribution in [0.3, 0.4) is 0 Å². The molecular weight excluding hydrogens is 273 g/mol. The molecule has 2 rings (SSSR count). The zero-order valence-corrected chi connectivity index (χ0v) is 11.8. The zero-order valence-electron chi connectivity index (χ0n) is 11.8. The molecule has 0 bridgehead atoms. The quantitative estimate of drug-likeness (QED) is 0.848. The highest BCUT2D eigenvalue weighted by molar-refractivity contribution is 5.90. The highest BCUT2D eigenvalue weighted by Gasteiger charge is 2.10. The van der Waals surface area contributed by atoms with Crippen LogP contribution in [0.4, 0.5) is 10.1 Å². The van der Waals surface area contributed by atoms with Crippen molar-refractivity contribution < 1.29 is 19.0 Å². The number of para-hydroxylation sites is 1. The normalized spacial score (nSPS) is 10.2. The number of carbonyl (C=O) groups is 1. The number of rotatable bonds is 4. The average molecular weight is 289 g/mol. The Bertz CT molecular complexity index is 671. The predicted molar refractivity (Wildman–Crippen MR) is 77.9 cm³/mol. The van der Waals surface area contributed by atoms with E-state index < -0.39 is 11.8 Å². The van der Waals surface area contributed by atoms with Crippen molar-refractivity contribution in [1.82, 2.24) is 0 Å². The summed E-state index contributed by atoms with van der Waals surface area (Å²) in [7, 11) is 1.27. The number of aryl methyl sites for hydroxylation is 1. The maximum Gasteiger partial charge on any atom is 0.337 e. The lowest BCUT2D eigenvalue weighted by atomic mass is 10.1. The van der Waals surface area contributed by atoms with Gasteiger partial charge in [-0.15, -0.1) is 0 Å². The van der Waals surface area contributed by atoms with Gasteiger partial charge in [0, 0.05) is 12.1 Å². The second-order valence-electron chi connectivity index (χ2n) is 4.62. The van der Waals surface area contributed by atoms with Crippen LogP contribution in [0.5, 0.6) is 5.75 Å². The lowest BCUT2D eigenvalue weighted by molar-refractivity contribution is 0.0600. The van der Waals surface area contributed by atoms with Crippen LogP contribution in [0.15, 0.2) is 36.4 Å². The van der Waals surface area contributed by atoms with E-state index in [1.807, 2.05) is 6.07 Å². The van der Waals surface area contributed by atoms with Gasteiger partial charge in [0.15, 0.2) is 0 Å². The summed E-state index contributed by atoms with van der Waals surface area (Å²) < 4.78 is 18.3. The molecular formula is C16H16FNO3. The number of methoxy groups -OCH3 is 1. The van der Waals surface area contributed by atoms with Crippen molar-refractivity contribution in [3.05, 3.63) is 58.9 Å². The number of hydrogen-bond acceptors (Lipinski definition) is 4. The fraction of sp³-hybridized carbons (Fsp3) is 0.188. The van der Waals surface area contributed by atoms with Crippen molar-refractivity contribution in [2.45, 2.75) is 13.5 Å². The number of hydrogen-bond donors (Lipinski definition) is 2. The summed E-state index contributed by atoms with van der Waals surface area (Å²) in [6, 6.07) is 9.29. The van der Waals surface area contributed by atoms with Gasteiger partial charge < -0.3 is 15.2 Å². The fourth-order valence-corrected chi connectivity index (χ4v) is 1.96. The van der Waals surface area contributed by atoms with Crippen molar-refractivity contribution in [1.29, 1.82) is 0 Å². The van der Waals surface area contributed by atoms with Gasteiger partial charge in [-0.1, -0.05) is 18.2 Å². The summed E-state index contributed by atoms with van der Waals surface area (Å²) in [5.41, 5.74) is 1.84. The van der Waals surface area contributed by atoms with Crippen molar-refractivity contribution in [2.24, 2.45) is 0 Å². The van der Waals surface area contributed by atoms with E-state index in [2.05, 4.69) is 10.1 Å². The molecule has 0 aromatic heterocycles. The fourth-order valence-electron chi connectivity index (χ4n) is 1.96. The summed E-state index contributed by atoms with van der Waals surface area (Å²) >= 11 is 0. The lowest BCUT2D eigenvalue weighted by Crippen LogP contribution is -2.06. The number of halogens is 1. The maximum atomic E-state index is 13.7. The summed E-state index contributed by atoms with van der Waals surface area (Å²) in [6.07, 6.45) is 0. The Labute approximate surface area is 122 Å². The van der Waals surface area contributed by atoms with Gasteiger partial charge in [0.1, 0.15) is 11.6 Å². The highest BCUT2D eigenvalue weighted by atomic mass is 19.1. The van der Waals surface area contributed by atoms with Gasteiger partial charge in [-0.2, -0.15) is 0 Å². The molecule has 0 saturated heterocycles. The van der Waals surface area contributed by atoms with Crippen LogP contribution in [0.2, 0.25) is 0 Å². The van der Waals surface area contributed by atoms with Gasteiger partial charge in [-0.3, -0.25) is 0 Å². The average Bonchev–Trinajstić information content (AvgIpc) is 2.49. The summed E-state index contributed by atoms with van der Waals surface area (Å²) in [5, 5.41) is 12.8. The topological polar surface area (TPSA) is 58.6 Å². The van der Waals surface area contributed by atoms with Gasteiger partial charge in [0.2, 0.25) is 0 Å². The smallest absolute Gasteiger partial charge is 0.337 e. The number of anilines is 1. The Kier molecular flexibility index (Phi) is 4.42. The highest BCUT2D eigenvalue weighted by Crippen LogP contribution is 2.23. The number of phenolic OH excluding ortho intramolecular Hbond substituents is 1. The van der Waals surface area contributed by atoms with Crippen LogP contribution in [-0.4, -0.2) is 18.2 Å². The van der Waals surface area contributed by atoms with Crippen molar-refractivity contribution in [2.75, 3.05) is 12.4 Å². The second-order valence-corrected chi connectivity index (χ2v) is 4.62. The molecule has 2 aromatic rings. The van der Waals surface area contributed by atoms with Crippen molar-refractivity contribution >= 4 is 11.7 Å². The van der Waals surface area contributed by atoms with E-state index in [9.17, 15) is 14.3 Å². The SMILES string of the molecule is COC(=O)c1ccc(F)c(NCc2cccc(C)c2O)c1. The van der Waals surface area contributed by atoms with Crippen LogP contribution in [0, 0.1) is 12.7 Å². The molecule has 0 fully saturated rings. The molecule has 0 aliphatic carbocycles. The second kappa shape index (κ2) is 6.26. The first-order valence-corrected chi connectivity index (χ1v) is 6.42. The molecule has 5 heteroatoms. The molecule has 0 radical (unpaired) electrons. The molecule has 0 unspecified atom stereocenters. The van der Waals surface area contributed by atoms with Gasteiger partial charge >= 0.3 is 5.97 Å². The van der Waals surface area contributed by atoms with Crippen LogP contribution in [0.1, 0.15) is 21.5 Å². The number of ether oxygens (including phenoxy) is 1. The Hall–Kier alpha value is -2.56. The minimum atomic E-state index is -0.531. The van der Waals surface area contributed by atoms with E-state index in [-0.39, 0.29) is 23.5 Å². The molecule has 0 saturated carbocycles. The van der Waals surface area contributed by atoms with E-state index in [1.165, 1.54) is 25.3 Å². The van der Waals surface area contributed by atoms with Gasteiger partial charge in [0.25, 0.3) is 0 Å². The summed E-state index contributed by atoms with van der Waals surface area (Å²) in [6.45, 7) is 2.03. The zero-order chi connectivity index (χ0) is 15.4. The number of aromatic hydroxyl groups is 1. The molecule has 0 spiro atoms. The van der Waals surface area contributed by atoms with Crippen LogP contribution >= 0.6 is 0 Å². The first-order valence-electron chi connectivity index (χ1n) is 6.42.